The second-order valence-corrected chi connectivity index (χ2v) is 5.95. The molecule has 0 atom stereocenters. The van der Waals surface area contributed by atoms with Gasteiger partial charge in [-0.25, -0.2) is 4.98 Å². The van der Waals surface area contributed by atoms with E-state index < -0.39 is 0 Å². The van der Waals surface area contributed by atoms with Gasteiger partial charge in [0.05, 0.1) is 5.69 Å². The van der Waals surface area contributed by atoms with Crippen LogP contribution < -0.4 is 5.56 Å². The first kappa shape index (κ1) is 16.5. The molecule has 0 unspecified atom stereocenters. The van der Waals surface area contributed by atoms with Gasteiger partial charge in [-0.1, -0.05) is 36.4 Å². The van der Waals surface area contributed by atoms with Crippen LogP contribution in [0.15, 0.2) is 71.8 Å². The summed E-state index contributed by atoms with van der Waals surface area (Å²) in [4.78, 5) is 23.5. The first-order chi connectivity index (χ1) is 13.2. The van der Waals surface area contributed by atoms with Crippen molar-refractivity contribution in [2.75, 3.05) is 0 Å². The highest BCUT2D eigenvalue weighted by molar-refractivity contribution is 5.83. The summed E-state index contributed by atoms with van der Waals surface area (Å²) < 4.78 is 1.64. The maximum atomic E-state index is 12.6. The van der Waals surface area contributed by atoms with Crippen molar-refractivity contribution in [2.24, 2.45) is 0 Å². The molecule has 0 aliphatic heterocycles. The molecule has 6 heteroatoms. The van der Waals surface area contributed by atoms with Crippen molar-refractivity contribution in [3.63, 3.8) is 0 Å². The number of benzene rings is 1. The molecule has 0 saturated carbocycles. The van der Waals surface area contributed by atoms with Gasteiger partial charge in [0, 0.05) is 34.9 Å². The highest BCUT2D eigenvalue weighted by Gasteiger charge is 2.12. The van der Waals surface area contributed by atoms with E-state index in [1.54, 1.807) is 16.8 Å². The summed E-state index contributed by atoms with van der Waals surface area (Å²) in [5, 5.41) is 5.39. The first-order valence-electron chi connectivity index (χ1n) is 8.42. The van der Waals surface area contributed by atoms with Crippen LogP contribution in [0.1, 0.15) is 12.6 Å². The topological polar surface area (TPSA) is 67.4 Å². The van der Waals surface area contributed by atoms with Crippen LogP contribution >= 0.6 is 0 Å². The van der Waals surface area contributed by atoms with Gasteiger partial charge in [0.1, 0.15) is 5.65 Å². The monoisotopic (exact) mass is 354 g/mol. The summed E-state index contributed by atoms with van der Waals surface area (Å²) in [6, 6.07) is 13.2. The van der Waals surface area contributed by atoms with Crippen LogP contribution in [-0.2, 0) is 0 Å². The van der Waals surface area contributed by atoms with Gasteiger partial charge in [0.2, 0.25) is 0 Å². The predicted molar refractivity (Wildman–Crippen MR) is 108 cm³/mol. The highest BCUT2D eigenvalue weighted by Crippen LogP contribution is 2.22. The second kappa shape index (κ2) is 6.73. The lowest BCUT2D eigenvalue weighted by Gasteiger charge is -2.04. The number of nitrogens with one attached hydrogen (secondary N) is 1. The molecule has 4 aromatic rings. The number of hydrogen-bond acceptors (Lipinski definition) is 3. The van der Waals surface area contributed by atoms with Crippen LogP contribution in [0.4, 0.5) is 0 Å². The van der Waals surface area contributed by atoms with E-state index in [1.165, 1.54) is 6.20 Å². The SMILES string of the molecule is C#[N+]/C=C\C(=C/C)c1cc2ncc3cc(-c4ccccc4)c(=O)[nH]c3n2n1. The minimum absolute atomic E-state index is 0.175. The summed E-state index contributed by atoms with van der Waals surface area (Å²) in [5.74, 6) is 0. The Bertz CT molecular complexity index is 1300. The van der Waals surface area contributed by atoms with E-state index in [0.29, 0.717) is 22.6 Å². The van der Waals surface area contributed by atoms with E-state index in [0.717, 1.165) is 16.5 Å². The summed E-state index contributed by atoms with van der Waals surface area (Å²) in [7, 11) is 0. The fraction of sp³-hybridized carbons (Fsp3) is 0.0476. The molecule has 1 aromatic carbocycles. The molecule has 1 N–H and O–H groups in total. The molecular formula is C21H16N5O+. The van der Waals surface area contributed by atoms with E-state index >= 15 is 0 Å². The number of aromatic nitrogens is 4. The smallest absolute Gasteiger partial charge is 0.305 e. The Morgan fingerprint density at radius 1 is 1.26 bits per heavy atom. The summed E-state index contributed by atoms with van der Waals surface area (Å²) >= 11 is 0. The van der Waals surface area contributed by atoms with Crippen molar-refractivity contribution in [3.8, 4) is 17.7 Å². The zero-order valence-electron chi connectivity index (χ0n) is 14.6. The van der Waals surface area contributed by atoms with Gasteiger partial charge < -0.3 is 4.98 Å². The quantitative estimate of drug-likeness (QED) is 0.563. The number of nitrogens with zero attached hydrogens (tertiary/aromatic N) is 4. The van der Waals surface area contributed by atoms with E-state index in [2.05, 4.69) is 19.9 Å². The molecule has 6 nitrogen and oxygen atoms in total. The van der Waals surface area contributed by atoms with Crippen LogP contribution in [0.3, 0.4) is 0 Å². The Hall–Kier alpha value is -3.98. The van der Waals surface area contributed by atoms with Gasteiger partial charge in [-0.3, -0.25) is 4.79 Å². The number of rotatable bonds is 3. The van der Waals surface area contributed by atoms with Crippen LogP contribution in [-0.4, -0.2) is 19.6 Å². The first-order valence-corrected chi connectivity index (χ1v) is 8.42. The molecule has 0 aliphatic carbocycles. The highest BCUT2D eigenvalue weighted by atomic mass is 16.1. The van der Waals surface area contributed by atoms with Crippen LogP contribution in [0.2, 0.25) is 0 Å². The van der Waals surface area contributed by atoms with E-state index in [4.69, 9.17) is 6.57 Å². The molecular weight excluding hydrogens is 338 g/mol. The number of pyridine rings is 1. The summed E-state index contributed by atoms with van der Waals surface area (Å²) in [6.45, 7) is 7.07. The lowest BCUT2D eigenvalue weighted by atomic mass is 10.1. The Morgan fingerprint density at radius 3 is 2.81 bits per heavy atom. The lowest BCUT2D eigenvalue weighted by molar-refractivity contribution is 0.950. The minimum Gasteiger partial charge on any atom is -0.306 e. The Labute approximate surface area is 154 Å². The number of allylic oxidation sites excluding steroid dienone is 3. The molecule has 3 aromatic heterocycles. The third-order valence-electron chi connectivity index (χ3n) is 4.32. The fourth-order valence-electron chi connectivity index (χ4n) is 3.00. The molecule has 0 spiro atoms. The van der Waals surface area contributed by atoms with Crippen molar-refractivity contribution in [1.29, 1.82) is 0 Å². The normalized spacial score (nSPS) is 12.1. The average molecular weight is 354 g/mol. The van der Waals surface area contributed by atoms with Crippen molar-refractivity contribution < 1.29 is 0 Å². The van der Waals surface area contributed by atoms with Crippen LogP contribution in [0, 0.1) is 6.57 Å². The summed E-state index contributed by atoms with van der Waals surface area (Å²) in [5.41, 5.74) is 4.08. The Morgan fingerprint density at radius 2 is 2.07 bits per heavy atom. The zero-order valence-corrected chi connectivity index (χ0v) is 14.6. The number of hydrogen-bond donors (Lipinski definition) is 1. The van der Waals surface area contributed by atoms with E-state index in [1.807, 2.05) is 55.5 Å². The van der Waals surface area contributed by atoms with E-state index in [-0.39, 0.29) is 5.56 Å². The number of aromatic amines is 1. The molecule has 0 amide bonds. The largest absolute Gasteiger partial charge is 0.306 e. The standard InChI is InChI=1S/C21H15N5O/c1-3-14(9-10-22-2)18-12-19-23-13-16-11-17(15-7-5-4-6-8-15)21(27)24-20(16)26(19)25-18/h2-13H,1H3/p+1/b10-9-,14-3+. The molecule has 0 radical (unpaired) electrons. The molecule has 130 valence electrons. The van der Waals surface area contributed by atoms with Crippen molar-refractivity contribution >= 4 is 22.3 Å². The van der Waals surface area contributed by atoms with Gasteiger partial charge in [-0.15, -0.1) is 0 Å². The summed E-state index contributed by atoms with van der Waals surface area (Å²) in [6.07, 6.45) is 6.90. The van der Waals surface area contributed by atoms with E-state index in [9.17, 15) is 4.79 Å². The maximum Gasteiger partial charge on any atom is 0.305 e. The maximum absolute atomic E-state index is 12.6. The predicted octanol–water partition coefficient (Wildman–Crippen LogP) is 4.12. The van der Waals surface area contributed by atoms with Crippen molar-refractivity contribution in [3.05, 3.63) is 87.9 Å². The molecule has 27 heavy (non-hydrogen) atoms. The Balaban J connectivity index is 1.92. The van der Waals surface area contributed by atoms with Gasteiger partial charge in [0.15, 0.2) is 5.65 Å². The van der Waals surface area contributed by atoms with Crippen LogP contribution in [0.5, 0.6) is 0 Å². The Kier molecular flexibility index (Phi) is 4.11. The van der Waals surface area contributed by atoms with Crippen molar-refractivity contribution in [2.45, 2.75) is 6.92 Å². The van der Waals surface area contributed by atoms with Gasteiger partial charge >= 0.3 is 6.20 Å². The fourth-order valence-corrected chi connectivity index (χ4v) is 3.00. The number of H-pyrrole nitrogens is 1. The van der Waals surface area contributed by atoms with Gasteiger partial charge in [0.25, 0.3) is 12.1 Å². The second-order valence-electron chi connectivity index (χ2n) is 5.95. The van der Waals surface area contributed by atoms with Gasteiger partial charge in [-0.2, -0.15) is 9.61 Å². The average Bonchev–Trinajstić information content (AvgIpc) is 3.13. The molecule has 0 saturated heterocycles. The molecule has 0 fully saturated rings. The molecule has 3 heterocycles. The molecule has 0 bridgehead atoms. The third-order valence-corrected chi connectivity index (χ3v) is 4.32. The lowest BCUT2D eigenvalue weighted by Crippen LogP contribution is -2.11. The van der Waals surface area contributed by atoms with Gasteiger partial charge in [-0.05, 0) is 23.4 Å². The molecule has 4 rings (SSSR count). The van der Waals surface area contributed by atoms with Crippen LogP contribution in [0.25, 0.3) is 38.2 Å². The zero-order chi connectivity index (χ0) is 18.8. The molecule has 0 aliphatic rings. The third kappa shape index (κ3) is 2.92. The van der Waals surface area contributed by atoms with Crippen molar-refractivity contribution in [1.82, 2.24) is 19.6 Å². The minimum atomic E-state index is -0.175. The number of fused-ring (bicyclic) bond motifs is 3.